The van der Waals surface area contributed by atoms with Gasteiger partial charge in [-0.2, -0.15) is 0 Å². The van der Waals surface area contributed by atoms with E-state index in [0.29, 0.717) is 11.9 Å². The number of benzene rings is 1. The maximum absolute atomic E-state index is 12.8. The van der Waals surface area contributed by atoms with Crippen LogP contribution >= 0.6 is 0 Å². The molecule has 1 aliphatic heterocycles. The monoisotopic (exact) mass is 286 g/mol. The van der Waals surface area contributed by atoms with Gasteiger partial charge in [0.25, 0.3) is 0 Å². The summed E-state index contributed by atoms with van der Waals surface area (Å²) in [6.45, 7) is 4.40. The van der Waals surface area contributed by atoms with Crippen LogP contribution in [0.4, 0.5) is 0 Å². The van der Waals surface area contributed by atoms with Crippen LogP contribution in [0, 0.1) is 5.92 Å². The topological polar surface area (TPSA) is 32.3 Å². The Hall–Kier alpha value is -1.35. The van der Waals surface area contributed by atoms with E-state index in [1.54, 1.807) is 0 Å². The van der Waals surface area contributed by atoms with Crippen molar-refractivity contribution in [1.82, 2.24) is 10.2 Å². The second-order valence-corrected chi connectivity index (χ2v) is 6.61. The lowest BCUT2D eigenvalue weighted by molar-refractivity contribution is -0.133. The molecule has 1 saturated heterocycles. The van der Waals surface area contributed by atoms with Gasteiger partial charge in [0.2, 0.25) is 5.91 Å². The Kier molecular flexibility index (Phi) is 4.29. The first-order chi connectivity index (χ1) is 10.2. The molecule has 21 heavy (non-hydrogen) atoms. The zero-order chi connectivity index (χ0) is 14.8. The summed E-state index contributed by atoms with van der Waals surface area (Å²) < 4.78 is 0. The Labute approximate surface area is 127 Å². The number of carbonyl (C=O) groups is 1. The lowest BCUT2D eigenvalue weighted by Crippen LogP contribution is -2.42. The van der Waals surface area contributed by atoms with E-state index in [2.05, 4.69) is 48.3 Å². The molecule has 1 heterocycles. The van der Waals surface area contributed by atoms with Gasteiger partial charge < -0.3 is 4.90 Å². The Morgan fingerprint density at radius 1 is 1.24 bits per heavy atom. The van der Waals surface area contributed by atoms with Crippen molar-refractivity contribution in [3.05, 3.63) is 35.9 Å². The zero-order valence-electron chi connectivity index (χ0n) is 13.1. The van der Waals surface area contributed by atoms with Crippen LogP contribution in [0.3, 0.4) is 0 Å². The standard InChI is InChI=1S/C18H26N2O/c1-3-16-18(21)20(15-11-7-8-13(2)12-15)17(19-16)14-9-5-4-6-10-14/h4-6,9-10,13,15-17,19H,3,7-8,11-12H2,1-2H3. The highest BCUT2D eigenvalue weighted by Crippen LogP contribution is 2.35. The van der Waals surface area contributed by atoms with Crippen LogP contribution in [0.5, 0.6) is 0 Å². The van der Waals surface area contributed by atoms with Crippen LogP contribution < -0.4 is 5.32 Å². The van der Waals surface area contributed by atoms with E-state index in [0.717, 1.165) is 25.2 Å². The number of rotatable bonds is 3. The molecule has 0 radical (unpaired) electrons. The molecule has 4 atom stereocenters. The van der Waals surface area contributed by atoms with E-state index in [1.807, 2.05) is 6.07 Å². The minimum absolute atomic E-state index is 0.0209. The number of nitrogens with one attached hydrogen (secondary N) is 1. The third-order valence-electron chi connectivity index (χ3n) is 5.02. The number of hydrogen-bond donors (Lipinski definition) is 1. The van der Waals surface area contributed by atoms with E-state index in [4.69, 9.17) is 0 Å². The molecule has 114 valence electrons. The fourth-order valence-corrected chi connectivity index (χ4v) is 3.88. The third kappa shape index (κ3) is 2.84. The molecule has 1 aromatic rings. The highest BCUT2D eigenvalue weighted by Gasteiger charge is 2.42. The highest BCUT2D eigenvalue weighted by atomic mass is 16.2. The first-order valence-corrected chi connectivity index (χ1v) is 8.34. The van der Waals surface area contributed by atoms with Crippen LogP contribution in [0.2, 0.25) is 0 Å². The third-order valence-corrected chi connectivity index (χ3v) is 5.02. The fraction of sp³-hybridized carbons (Fsp3) is 0.611. The van der Waals surface area contributed by atoms with Crippen LogP contribution in [0.1, 0.15) is 57.7 Å². The quantitative estimate of drug-likeness (QED) is 0.922. The summed E-state index contributed by atoms with van der Waals surface area (Å²) in [5, 5.41) is 3.55. The van der Waals surface area contributed by atoms with E-state index < -0.39 is 0 Å². The molecule has 4 unspecified atom stereocenters. The Balaban J connectivity index is 1.87. The van der Waals surface area contributed by atoms with E-state index in [-0.39, 0.29) is 12.2 Å². The lowest BCUT2D eigenvalue weighted by atomic mass is 9.86. The molecule has 2 fully saturated rings. The first kappa shape index (κ1) is 14.6. The molecule has 3 nitrogen and oxygen atoms in total. The SMILES string of the molecule is CCC1NC(c2ccccc2)N(C2CCCC(C)C2)C1=O. The molecule has 1 saturated carbocycles. The van der Waals surface area contributed by atoms with Crippen molar-refractivity contribution in [2.75, 3.05) is 0 Å². The molecule has 1 aromatic carbocycles. The van der Waals surface area contributed by atoms with Gasteiger partial charge in [0.1, 0.15) is 6.17 Å². The minimum Gasteiger partial charge on any atom is -0.319 e. The van der Waals surface area contributed by atoms with Crippen molar-refractivity contribution in [1.29, 1.82) is 0 Å². The molecule has 3 heteroatoms. The molecule has 0 spiro atoms. The number of carbonyl (C=O) groups excluding carboxylic acids is 1. The van der Waals surface area contributed by atoms with Crippen molar-refractivity contribution < 1.29 is 4.79 Å². The second kappa shape index (κ2) is 6.18. The van der Waals surface area contributed by atoms with Crippen molar-refractivity contribution in [3.8, 4) is 0 Å². The second-order valence-electron chi connectivity index (χ2n) is 6.61. The summed E-state index contributed by atoms with van der Waals surface area (Å²) in [5.41, 5.74) is 1.21. The lowest BCUT2D eigenvalue weighted by Gasteiger charge is -2.37. The number of hydrogen-bond acceptors (Lipinski definition) is 2. The largest absolute Gasteiger partial charge is 0.319 e. The van der Waals surface area contributed by atoms with Gasteiger partial charge in [-0.05, 0) is 30.7 Å². The highest BCUT2D eigenvalue weighted by molar-refractivity contribution is 5.84. The van der Waals surface area contributed by atoms with Crippen LogP contribution in [-0.4, -0.2) is 22.9 Å². The van der Waals surface area contributed by atoms with Crippen LogP contribution in [-0.2, 0) is 4.79 Å². The molecule has 1 aliphatic carbocycles. The molecule has 1 amide bonds. The van der Waals surface area contributed by atoms with Crippen molar-refractivity contribution in [2.45, 2.75) is 64.2 Å². The maximum atomic E-state index is 12.8. The Morgan fingerprint density at radius 3 is 2.67 bits per heavy atom. The van der Waals surface area contributed by atoms with Crippen molar-refractivity contribution in [3.63, 3.8) is 0 Å². The molecule has 0 aromatic heterocycles. The predicted octanol–water partition coefficient (Wildman–Crippen LogP) is 3.47. The number of amides is 1. The normalized spacial score (nSPS) is 33.4. The van der Waals surface area contributed by atoms with E-state index in [1.165, 1.54) is 18.4 Å². The summed E-state index contributed by atoms with van der Waals surface area (Å²) in [6, 6.07) is 10.8. The number of nitrogens with zero attached hydrogens (tertiary/aromatic N) is 1. The molecule has 0 bridgehead atoms. The maximum Gasteiger partial charge on any atom is 0.241 e. The zero-order valence-corrected chi connectivity index (χ0v) is 13.1. The molecular formula is C18H26N2O. The van der Waals surface area contributed by atoms with Gasteiger partial charge in [0.15, 0.2) is 0 Å². The van der Waals surface area contributed by atoms with Gasteiger partial charge in [-0.15, -0.1) is 0 Å². The summed E-state index contributed by atoms with van der Waals surface area (Å²) in [6.07, 6.45) is 5.76. The van der Waals surface area contributed by atoms with Gasteiger partial charge in [0, 0.05) is 6.04 Å². The predicted molar refractivity (Wildman–Crippen MR) is 84.7 cm³/mol. The van der Waals surface area contributed by atoms with Gasteiger partial charge in [0.05, 0.1) is 6.04 Å². The van der Waals surface area contributed by atoms with Crippen LogP contribution in [0.15, 0.2) is 30.3 Å². The Morgan fingerprint density at radius 2 is 2.00 bits per heavy atom. The summed E-state index contributed by atoms with van der Waals surface area (Å²) in [4.78, 5) is 14.9. The van der Waals surface area contributed by atoms with Crippen LogP contribution in [0.25, 0.3) is 0 Å². The molecule has 3 rings (SSSR count). The van der Waals surface area contributed by atoms with Gasteiger partial charge >= 0.3 is 0 Å². The minimum atomic E-state index is -0.0209. The van der Waals surface area contributed by atoms with Crippen molar-refractivity contribution >= 4 is 5.91 Å². The smallest absolute Gasteiger partial charge is 0.241 e. The fourth-order valence-electron chi connectivity index (χ4n) is 3.88. The van der Waals surface area contributed by atoms with Gasteiger partial charge in [-0.25, -0.2) is 0 Å². The van der Waals surface area contributed by atoms with Gasteiger partial charge in [-0.3, -0.25) is 10.1 Å². The van der Waals surface area contributed by atoms with E-state index in [9.17, 15) is 4.79 Å². The summed E-state index contributed by atoms with van der Waals surface area (Å²) >= 11 is 0. The molecule has 1 N–H and O–H groups in total. The molecule has 2 aliphatic rings. The molecular weight excluding hydrogens is 260 g/mol. The first-order valence-electron chi connectivity index (χ1n) is 8.34. The summed E-state index contributed by atoms with van der Waals surface area (Å²) in [7, 11) is 0. The average molecular weight is 286 g/mol. The van der Waals surface area contributed by atoms with Gasteiger partial charge in [-0.1, -0.05) is 57.0 Å². The summed E-state index contributed by atoms with van der Waals surface area (Å²) in [5.74, 6) is 1.03. The Bertz CT molecular complexity index is 487. The average Bonchev–Trinajstić information content (AvgIpc) is 2.85. The van der Waals surface area contributed by atoms with Crippen molar-refractivity contribution in [2.24, 2.45) is 5.92 Å². The van der Waals surface area contributed by atoms with E-state index >= 15 is 0 Å².